The van der Waals surface area contributed by atoms with E-state index in [0.29, 0.717) is 12.5 Å². The molecule has 2 fully saturated rings. The second-order valence-corrected chi connectivity index (χ2v) is 7.50. The number of quaternary nitrogens is 1. The molecular formula is C19H29N4O3+. The molecule has 26 heavy (non-hydrogen) atoms. The number of nitrogens with zero attached hydrogens (tertiary/aromatic N) is 2. The maximum atomic E-state index is 12.2. The summed E-state index contributed by atoms with van der Waals surface area (Å²) in [6.45, 7) is 4.93. The molecule has 1 aliphatic carbocycles. The zero-order valence-electron chi connectivity index (χ0n) is 15.3. The molecule has 0 unspecified atom stereocenters. The lowest BCUT2D eigenvalue weighted by Crippen LogP contribution is -3.16. The van der Waals surface area contributed by atoms with Crippen LogP contribution in [0.5, 0.6) is 0 Å². The van der Waals surface area contributed by atoms with Gasteiger partial charge in [0.15, 0.2) is 6.54 Å². The molecule has 7 nitrogen and oxygen atoms in total. The lowest BCUT2D eigenvalue weighted by atomic mass is 9.89. The molecule has 2 aliphatic rings. The van der Waals surface area contributed by atoms with Crippen LogP contribution in [0.25, 0.3) is 0 Å². The Hall–Kier alpha value is -2.15. The van der Waals surface area contributed by atoms with E-state index in [-0.39, 0.29) is 16.5 Å². The van der Waals surface area contributed by atoms with Gasteiger partial charge in [0.2, 0.25) is 0 Å². The summed E-state index contributed by atoms with van der Waals surface area (Å²) in [6, 6.07) is 6.71. The number of hydrogen-bond acceptors (Lipinski definition) is 4. The van der Waals surface area contributed by atoms with Gasteiger partial charge in [-0.25, -0.2) is 0 Å². The number of hydrogen-bond donors (Lipinski definition) is 2. The van der Waals surface area contributed by atoms with E-state index < -0.39 is 0 Å². The average Bonchev–Trinajstić information content (AvgIpc) is 2.68. The van der Waals surface area contributed by atoms with Crippen LogP contribution in [0, 0.1) is 16.0 Å². The summed E-state index contributed by atoms with van der Waals surface area (Å²) in [5.74, 6) is 0.830. The Labute approximate surface area is 154 Å². The van der Waals surface area contributed by atoms with Crippen molar-refractivity contribution in [3.05, 3.63) is 34.4 Å². The molecule has 1 saturated heterocycles. The summed E-state index contributed by atoms with van der Waals surface area (Å²) >= 11 is 0. The Morgan fingerprint density at radius 1 is 1.15 bits per heavy atom. The van der Waals surface area contributed by atoms with Crippen LogP contribution in [0.4, 0.5) is 11.4 Å². The number of amides is 1. The highest BCUT2D eigenvalue weighted by atomic mass is 16.6. The number of carbonyl (C=O) groups excluding carboxylic acids is 1. The Morgan fingerprint density at radius 3 is 2.42 bits per heavy atom. The van der Waals surface area contributed by atoms with Crippen LogP contribution in [-0.4, -0.2) is 50.1 Å². The van der Waals surface area contributed by atoms with E-state index in [0.717, 1.165) is 38.4 Å². The molecule has 0 spiro atoms. The van der Waals surface area contributed by atoms with Crippen LogP contribution in [0.2, 0.25) is 0 Å². The summed E-state index contributed by atoms with van der Waals surface area (Å²) in [5.41, 5.74) is 1.13. The maximum absolute atomic E-state index is 12.2. The molecule has 0 atom stereocenters. The van der Waals surface area contributed by atoms with Crippen LogP contribution in [0.15, 0.2) is 24.3 Å². The van der Waals surface area contributed by atoms with Crippen LogP contribution in [-0.2, 0) is 4.79 Å². The van der Waals surface area contributed by atoms with Gasteiger partial charge in [0.25, 0.3) is 11.6 Å². The fourth-order valence-electron chi connectivity index (χ4n) is 3.98. The van der Waals surface area contributed by atoms with E-state index in [1.807, 2.05) is 0 Å². The second-order valence-electron chi connectivity index (χ2n) is 7.50. The second kappa shape index (κ2) is 8.98. The van der Waals surface area contributed by atoms with Crippen LogP contribution < -0.4 is 15.1 Å². The first-order valence-electron chi connectivity index (χ1n) is 9.71. The van der Waals surface area contributed by atoms with Crippen molar-refractivity contribution in [2.24, 2.45) is 5.92 Å². The van der Waals surface area contributed by atoms with Gasteiger partial charge in [0.1, 0.15) is 0 Å². The van der Waals surface area contributed by atoms with E-state index in [1.165, 1.54) is 37.0 Å². The van der Waals surface area contributed by atoms with Crippen LogP contribution in [0.3, 0.4) is 0 Å². The molecule has 1 saturated carbocycles. The minimum atomic E-state index is -0.377. The number of rotatable bonds is 6. The topological polar surface area (TPSA) is 79.9 Å². The van der Waals surface area contributed by atoms with Crippen molar-refractivity contribution in [1.29, 1.82) is 0 Å². The normalized spacial score (nSPS) is 19.3. The summed E-state index contributed by atoms with van der Waals surface area (Å²) in [6.07, 6.45) is 6.45. The van der Waals surface area contributed by atoms with Crippen molar-refractivity contribution in [2.45, 2.75) is 32.1 Å². The molecule has 1 amide bonds. The largest absolute Gasteiger partial charge is 0.360 e. The minimum Gasteiger partial charge on any atom is -0.360 e. The van der Waals surface area contributed by atoms with E-state index in [4.69, 9.17) is 0 Å². The van der Waals surface area contributed by atoms with Gasteiger partial charge in [-0.3, -0.25) is 14.9 Å². The van der Waals surface area contributed by atoms with Gasteiger partial charge in [-0.1, -0.05) is 19.3 Å². The number of anilines is 1. The van der Waals surface area contributed by atoms with Crippen molar-refractivity contribution in [1.82, 2.24) is 5.32 Å². The Kier molecular flexibility index (Phi) is 6.44. The lowest BCUT2D eigenvalue weighted by molar-refractivity contribution is -0.892. The number of piperazine rings is 1. The van der Waals surface area contributed by atoms with Crippen LogP contribution in [0.1, 0.15) is 32.1 Å². The van der Waals surface area contributed by atoms with Crippen molar-refractivity contribution >= 4 is 17.3 Å². The highest BCUT2D eigenvalue weighted by Crippen LogP contribution is 2.22. The van der Waals surface area contributed by atoms with Crippen LogP contribution >= 0.6 is 0 Å². The van der Waals surface area contributed by atoms with Gasteiger partial charge in [0.05, 0.1) is 31.1 Å². The predicted octanol–water partition coefficient (Wildman–Crippen LogP) is 0.996. The first-order valence-corrected chi connectivity index (χ1v) is 9.71. The van der Waals surface area contributed by atoms with Gasteiger partial charge in [-0.2, -0.15) is 0 Å². The number of benzene rings is 1. The number of nitro benzene ring substituents is 1. The molecule has 1 aromatic rings. The predicted molar refractivity (Wildman–Crippen MR) is 100 cm³/mol. The molecule has 1 aliphatic heterocycles. The van der Waals surface area contributed by atoms with Crippen molar-refractivity contribution in [3.63, 3.8) is 0 Å². The minimum absolute atomic E-state index is 0.118. The summed E-state index contributed by atoms with van der Waals surface area (Å²) in [5, 5.41) is 13.9. The number of nitrogens with one attached hydrogen (secondary N) is 2. The average molecular weight is 361 g/mol. The third-order valence-electron chi connectivity index (χ3n) is 5.62. The van der Waals surface area contributed by atoms with Gasteiger partial charge < -0.3 is 15.1 Å². The van der Waals surface area contributed by atoms with E-state index in [9.17, 15) is 14.9 Å². The van der Waals surface area contributed by atoms with E-state index in [2.05, 4.69) is 10.2 Å². The molecule has 0 aromatic heterocycles. The standard InChI is InChI=1S/C19H28N4O3/c24-19(20-14-16-4-2-1-3-5-16)15-21-10-12-22(13-11-21)17-6-8-18(9-7-17)23(25)26/h6-9,16H,1-5,10-15H2,(H,20,24)/p+1. The Balaban J connectivity index is 1.39. The molecular weight excluding hydrogens is 332 g/mol. The number of carbonyl (C=O) groups is 1. The highest BCUT2D eigenvalue weighted by Gasteiger charge is 2.23. The molecule has 0 radical (unpaired) electrons. The Morgan fingerprint density at radius 2 is 1.81 bits per heavy atom. The fraction of sp³-hybridized carbons (Fsp3) is 0.632. The van der Waals surface area contributed by atoms with Crippen molar-refractivity contribution in [3.8, 4) is 0 Å². The quantitative estimate of drug-likeness (QED) is 0.585. The summed E-state index contributed by atoms with van der Waals surface area (Å²) < 4.78 is 0. The molecule has 3 rings (SSSR count). The van der Waals surface area contributed by atoms with Crippen molar-refractivity contribution < 1.29 is 14.6 Å². The van der Waals surface area contributed by atoms with Gasteiger partial charge in [-0.05, 0) is 30.9 Å². The maximum Gasteiger partial charge on any atom is 0.275 e. The van der Waals surface area contributed by atoms with Gasteiger partial charge in [-0.15, -0.1) is 0 Å². The zero-order chi connectivity index (χ0) is 18.4. The molecule has 1 heterocycles. The van der Waals surface area contributed by atoms with Gasteiger partial charge >= 0.3 is 0 Å². The molecule has 7 heteroatoms. The molecule has 2 N–H and O–H groups in total. The molecule has 142 valence electrons. The van der Waals surface area contributed by atoms with E-state index in [1.54, 1.807) is 24.3 Å². The molecule has 0 bridgehead atoms. The SMILES string of the molecule is O=C(C[NH+]1CCN(c2ccc([N+](=O)[O-])cc2)CC1)NCC1CCCCC1. The first-order chi connectivity index (χ1) is 12.6. The smallest absolute Gasteiger partial charge is 0.275 e. The third-order valence-corrected chi connectivity index (χ3v) is 5.62. The monoisotopic (exact) mass is 361 g/mol. The van der Waals surface area contributed by atoms with E-state index >= 15 is 0 Å². The van der Waals surface area contributed by atoms with Gasteiger partial charge in [0, 0.05) is 24.4 Å². The molecule has 1 aromatic carbocycles. The third kappa shape index (κ3) is 5.17. The number of nitro groups is 1. The van der Waals surface area contributed by atoms with Crippen molar-refractivity contribution in [2.75, 3.05) is 44.2 Å². The Bertz CT molecular complexity index is 606. The first kappa shape index (κ1) is 18.6. The summed E-state index contributed by atoms with van der Waals surface area (Å²) in [4.78, 5) is 26.1. The fourth-order valence-corrected chi connectivity index (χ4v) is 3.98. The zero-order valence-corrected chi connectivity index (χ0v) is 15.3. The summed E-state index contributed by atoms with van der Waals surface area (Å²) in [7, 11) is 0. The number of non-ortho nitro benzene ring substituents is 1. The lowest BCUT2D eigenvalue weighted by Gasteiger charge is -2.33. The highest BCUT2D eigenvalue weighted by molar-refractivity contribution is 5.76.